The van der Waals surface area contributed by atoms with Gasteiger partial charge >= 0.3 is 7.32 Å². The highest BCUT2D eigenvalue weighted by Gasteiger charge is 2.33. The molecule has 0 heterocycles. The van der Waals surface area contributed by atoms with E-state index in [9.17, 15) is 0 Å². The first-order valence-electron chi connectivity index (χ1n) is 5.91. The lowest BCUT2D eigenvalue weighted by Crippen LogP contribution is -2.22. The average Bonchev–Trinajstić information content (AvgIpc) is 3.12. The summed E-state index contributed by atoms with van der Waals surface area (Å²) in [6, 6.07) is 6.14. The molecule has 0 unspecified atom stereocenters. The Morgan fingerprint density at radius 2 is 1.50 bits per heavy atom. The van der Waals surface area contributed by atoms with Crippen LogP contribution in [-0.2, 0) is 0 Å². The minimum atomic E-state index is -1.71. The highest BCUT2D eigenvalue weighted by atomic mass is 16.6. The van der Waals surface area contributed by atoms with E-state index in [1.165, 1.54) is 25.7 Å². The molecular formula is C12H15BO3. The number of benzene rings is 1. The van der Waals surface area contributed by atoms with Crippen LogP contribution in [0.25, 0.3) is 0 Å². The molecule has 2 N–H and O–H groups in total. The van der Waals surface area contributed by atoms with E-state index in [-0.39, 0.29) is 0 Å². The summed E-state index contributed by atoms with van der Waals surface area (Å²) in [5, 5.41) is 18.0. The zero-order chi connectivity index (χ0) is 11.1. The number of para-hydroxylation sites is 1. The molecule has 84 valence electrons. The molecule has 3 rings (SSSR count). The van der Waals surface area contributed by atoms with Crippen molar-refractivity contribution in [3.63, 3.8) is 0 Å². The van der Waals surface area contributed by atoms with Gasteiger partial charge in [-0.1, -0.05) is 18.2 Å². The molecule has 16 heavy (non-hydrogen) atoms. The Labute approximate surface area is 95.2 Å². The summed E-state index contributed by atoms with van der Waals surface area (Å²) in [6.45, 7) is 0. The SMILES string of the molecule is OB(O)Oc1c(C2CC2)cccc1C1CC1. The van der Waals surface area contributed by atoms with Crippen LogP contribution in [0.3, 0.4) is 0 Å². The molecule has 2 saturated carbocycles. The highest BCUT2D eigenvalue weighted by molar-refractivity contribution is 6.33. The van der Waals surface area contributed by atoms with Crippen LogP contribution in [0.5, 0.6) is 5.75 Å². The zero-order valence-corrected chi connectivity index (χ0v) is 9.10. The molecule has 2 aliphatic carbocycles. The molecule has 2 fully saturated rings. The Kier molecular flexibility index (Phi) is 2.41. The van der Waals surface area contributed by atoms with E-state index in [2.05, 4.69) is 6.07 Å². The monoisotopic (exact) mass is 218 g/mol. The maximum Gasteiger partial charge on any atom is 0.707 e. The minimum absolute atomic E-state index is 0.562. The van der Waals surface area contributed by atoms with Gasteiger partial charge in [0.15, 0.2) is 0 Å². The highest BCUT2D eigenvalue weighted by Crippen LogP contribution is 2.50. The van der Waals surface area contributed by atoms with Crippen molar-refractivity contribution in [2.75, 3.05) is 0 Å². The maximum atomic E-state index is 8.99. The van der Waals surface area contributed by atoms with Crippen molar-refractivity contribution in [2.45, 2.75) is 37.5 Å². The fraction of sp³-hybridized carbons (Fsp3) is 0.500. The smallest absolute Gasteiger partial charge is 0.512 e. The van der Waals surface area contributed by atoms with Crippen LogP contribution in [0, 0.1) is 0 Å². The summed E-state index contributed by atoms with van der Waals surface area (Å²) in [7, 11) is -1.71. The molecule has 0 atom stereocenters. The molecule has 4 heteroatoms. The Morgan fingerprint density at radius 3 is 1.88 bits per heavy atom. The van der Waals surface area contributed by atoms with E-state index in [1.807, 2.05) is 12.1 Å². The molecule has 0 aromatic heterocycles. The topological polar surface area (TPSA) is 49.7 Å². The van der Waals surface area contributed by atoms with Gasteiger partial charge < -0.3 is 14.7 Å². The van der Waals surface area contributed by atoms with Gasteiger partial charge in [-0.05, 0) is 48.6 Å². The van der Waals surface area contributed by atoms with Gasteiger partial charge in [-0.2, -0.15) is 0 Å². The van der Waals surface area contributed by atoms with Crippen molar-refractivity contribution in [1.82, 2.24) is 0 Å². The van der Waals surface area contributed by atoms with Crippen molar-refractivity contribution in [3.05, 3.63) is 29.3 Å². The predicted molar refractivity (Wildman–Crippen MR) is 61.2 cm³/mol. The van der Waals surface area contributed by atoms with Crippen molar-refractivity contribution in [1.29, 1.82) is 0 Å². The van der Waals surface area contributed by atoms with E-state index in [4.69, 9.17) is 14.7 Å². The van der Waals surface area contributed by atoms with Crippen molar-refractivity contribution < 1.29 is 14.7 Å². The summed E-state index contributed by atoms with van der Waals surface area (Å²) >= 11 is 0. The largest absolute Gasteiger partial charge is 0.707 e. The van der Waals surface area contributed by atoms with Crippen molar-refractivity contribution in [3.8, 4) is 5.75 Å². The quantitative estimate of drug-likeness (QED) is 0.757. The normalized spacial score (nSPS) is 19.6. The summed E-state index contributed by atoms with van der Waals surface area (Å²) in [5.74, 6) is 1.85. The molecule has 3 nitrogen and oxygen atoms in total. The van der Waals surface area contributed by atoms with Gasteiger partial charge in [0.05, 0.1) is 0 Å². The predicted octanol–water partition coefficient (Wildman–Crippen LogP) is 1.79. The molecule has 0 spiro atoms. The number of hydrogen-bond acceptors (Lipinski definition) is 3. The van der Waals surface area contributed by atoms with Crippen molar-refractivity contribution in [2.24, 2.45) is 0 Å². The van der Waals surface area contributed by atoms with Gasteiger partial charge in [0.2, 0.25) is 0 Å². The first-order chi connectivity index (χ1) is 7.75. The third kappa shape index (κ3) is 1.95. The van der Waals surface area contributed by atoms with Gasteiger partial charge in [-0.3, -0.25) is 0 Å². The van der Waals surface area contributed by atoms with Crippen molar-refractivity contribution >= 4 is 7.32 Å². The molecule has 0 saturated heterocycles. The Balaban J connectivity index is 1.99. The van der Waals surface area contributed by atoms with Crippen LogP contribution in [0.2, 0.25) is 0 Å². The summed E-state index contributed by atoms with van der Waals surface area (Å²) in [6.07, 6.45) is 4.75. The lowest BCUT2D eigenvalue weighted by molar-refractivity contribution is 0.285. The van der Waals surface area contributed by atoms with E-state index in [0.29, 0.717) is 11.8 Å². The maximum absolute atomic E-state index is 8.99. The first kappa shape index (κ1) is 10.2. The van der Waals surface area contributed by atoms with Gasteiger partial charge in [0.25, 0.3) is 0 Å². The second kappa shape index (κ2) is 3.79. The second-order valence-electron chi connectivity index (χ2n) is 4.76. The van der Waals surface area contributed by atoms with E-state index in [0.717, 1.165) is 16.9 Å². The molecule has 1 aromatic rings. The lowest BCUT2D eigenvalue weighted by atomic mass is 10.0. The van der Waals surface area contributed by atoms with Gasteiger partial charge in [0, 0.05) is 0 Å². The minimum Gasteiger partial charge on any atom is -0.512 e. The molecule has 0 radical (unpaired) electrons. The fourth-order valence-electron chi connectivity index (χ4n) is 2.25. The summed E-state index contributed by atoms with van der Waals surface area (Å²) in [5.41, 5.74) is 2.30. The van der Waals surface area contributed by atoms with Gasteiger partial charge in [-0.15, -0.1) is 0 Å². The second-order valence-corrected chi connectivity index (χ2v) is 4.76. The number of hydrogen-bond donors (Lipinski definition) is 2. The van der Waals surface area contributed by atoms with Crippen LogP contribution < -0.4 is 4.65 Å². The molecule has 0 aliphatic heterocycles. The van der Waals surface area contributed by atoms with Crippen LogP contribution >= 0.6 is 0 Å². The summed E-state index contributed by atoms with van der Waals surface area (Å²) < 4.78 is 5.19. The Hall–Kier alpha value is -0.995. The van der Waals surface area contributed by atoms with Gasteiger partial charge in [0.1, 0.15) is 5.75 Å². The third-order valence-corrected chi connectivity index (χ3v) is 3.33. The average molecular weight is 218 g/mol. The Morgan fingerprint density at radius 1 is 1.00 bits per heavy atom. The summed E-state index contributed by atoms with van der Waals surface area (Å²) in [4.78, 5) is 0. The van der Waals surface area contributed by atoms with Crippen LogP contribution in [0.15, 0.2) is 18.2 Å². The molecule has 0 bridgehead atoms. The molecule has 0 amide bonds. The van der Waals surface area contributed by atoms with E-state index in [1.54, 1.807) is 0 Å². The molecule has 2 aliphatic rings. The molecular weight excluding hydrogens is 203 g/mol. The van der Waals surface area contributed by atoms with Crippen LogP contribution in [0.4, 0.5) is 0 Å². The van der Waals surface area contributed by atoms with Gasteiger partial charge in [-0.25, -0.2) is 0 Å². The lowest BCUT2D eigenvalue weighted by Gasteiger charge is -2.15. The van der Waals surface area contributed by atoms with Crippen LogP contribution in [-0.4, -0.2) is 17.4 Å². The standard InChI is InChI=1S/C12H15BO3/c14-13(15)16-12-10(8-4-5-8)2-1-3-11(12)9-6-7-9/h1-3,8-9,14-15H,4-7H2. The first-order valence-corrected chi connectivity index (χ1v) is 5.91. The third-order valence-electron chi connectivity index (χ3n) is 3.33. The Bertz CT molecular complexity index is 367. The zero-order valence-electron chi connectivity index (χ0n) is 9.10. The fourth-order valence-corrected chi connectivity index (χ4v) is 2.25. The number of rotatable bonds is 4. The molecule has 1 aromatic carbocycles. The van der Waals surface area contributed by atoms with Crippen LogP contribution in [0.1, 0.15) is 48.6 Å². The van der Waals surface area contributed by atoms with E-state index >= 15 is 0 Å². The van der Waals surface area contributed by atoms with E-state index < -0.39 is 7.32 Å².